The maximum atomic E-state index is 9.28. The molecule has 0 aromatic carbocycles. The molecule has 0 aromatic heterocycles. The van der Waals surface area contributed by atoms with Gasteiger partial charge in [-0.15, -0.1) is 0 Å². The van der Waals surface area contributed by atoms with Crippen LogP contribution in [0.5, 0.6) is 0 Å². The number of hydrogen-bond donors (Lipinski definition) is 2. The summed E-state index contributed by atoms with van der Waals surface area (Å²) in [5.74, 6) is 0. The van der Waals surface area contributed by atoms with E-state index in [1.165, 1.54) is 25.9 Å². The quantitative estimate of drug-likeness (QED) is 0.747. The van der Waals surface area contributed by atoms with Crippen molar-refractivity contribution in [3.8, 4) is 0 Å². The molecule has 0 amide bonds. The Kier molecular flexibility index (Phi) is 3.30. The number of rotatable bonds is 2. The van der Waals surface area contributed by atoms with Gasteiger partial charge >= 0.3 is 0 Å². The highest BCUT2D eigenvalue weighted by Crippen LogP contribution is 2.36. The molecule has 1 saturated carbocycles. The first-order chi connectivity index (χ1) is 7.44. The van der Waals surface area contributed by atoms with E-state index in [9.17, 15) is 5.11 Å². The monoisotopic (exact) mass is 226 g/mol. The SMILES string of the molecule is CC1(C)CCN(C2CCC(N)(CO)C2)CC1. The van der Waals surface area contributed by atoms with E-state index in [-0.39, 0.29) is 12.1 Å². The van der Waals surface area contributed by atoms with Crippen molar-refractivity contribution in [2.75, 3.05) is 19.7 Å². The maximum absolute atomic E-state index is 9.28. The smallest absolute Gasteiger partial charge is 0.0611 e. The molecule has 1 heterocycles. The van der Waals surface area contributed by atoms with Gasteiger partial charge in [0.05, 0.1) is 6.61 Å². The molecule has 0 radical (unpaired) electrons. The van der Waals surface area contributed by atoms with Crippen molar-refractivity contribution in [1.82, 2.24) is 4.90 Å². The highest BCUT2D eigenvalue weighted by Gasteiger charge is 2.39. The summed E-state index contributed by atoms with van der Waals surface area (Å²) >= 11 is 0. The molecule has 0 aromatic rings. The molecule has 0 spiro atoms. The summed E-state index contributed by atoms with van der Waals surface area (Å²) in [5, 5.41) is 9.28. The largest absolute Gasteiger partial charge is 0.394 e. The third kappa shape index (κ3) is 2.58. The normalized spacial score (nSPS) is 40.1. The summed E-state index contributed by atoms with van der Waals surface area (Å²) in [6.45, 7) is 7.28. The minimum absolute atomic E-state index is 0.142. The molecule has 3 heteroatoms. The van der Waals surface area contributed by atoms with Gasteiger partial charge < -0.3 is 15.7 Å². The second-order valence-electron chi connectivity index (χ2n) is 6.62. The summed E-state index contributed by atoms with van der Waals surface area (Å²) < 4.78 is 0. The standard InChI is InChI=1S/C13H26N2O/c1-12(2)5-7-15(8-6-12)11-3-4-13(14,9-11)10-16/h11,16H,3-10,14H2,1-2H3. The number of nitrogens with two attached hydrogens (primary N) is 1. The number of aliphatic hydroxyl groups excluding tert-OH is 1. The van der Waals surface area contributed by atoms with Crippen molar-refractivity contribution in [2.45, 2.75) is 57.5 Å². The number of hydrogen-bond acceptors (Lipinski definition) is 3. The van der Waals surface area contributed by atoms with E-state index in [0.717, 1.165) is 19.3 Å². The molecule has 1 aliphatic carbocycles. The number of piperidine rings is 1. The minimum atomic E-state index is -0.294. The van der Waals surface area contributed by atoms with Gasteiger partial charge in [0.2, 0.25) is 0 Å². The Morgan fingerprint density at radius 2 is 1.88 bits per heavy atom. The molecule has 3 N–H and O–H groups in total. The molecule has 2 fully saturated rings. The fourth-order valence-corrected chi connectivity index (χ4v) is 3.08. The third-order valence-electron chi connectivity index (χ3n) is 4.60. The Morgan fingerprint density at radius 1 is 1.25 bits per heavy atom. The van der Waals surface area contributed by atoms with Gasteiger partial charge in [-0.2, -0.15) is 0 Å². The Morgan fingerprint density at radius 3 is 2.38 bits per heavy atom. The van der Waals surface area contributed by atoms with Crippen LogP contribution in [0.15, 0.2) is 0 Å². The lowest BCUT2D eigenvalue weighted by Crippen LogP contribution is -2.46. The maximum Gasteiger partial charge on any atom is 0.0611 e. The second kappa shape index (κ2) is 4.28. The van der Waals surface area contributed by atoms with Crippen LogP contribution in [0.3, 0.4) is 0 Å². The fourth-order valence-electron chi connectivity index (χ4n) is 3.08. The zero-order valence-corrected chi connectivity index (χ0v) is 10.7. The number of likely N-dealkylation sites (tertiary alicyclic amines) is 1. The van der Waals surface area contributed by atoms with Gasteiger partial charge in [0.25, 0.3) is 0 Å². The molecule has 2 rings (SSSR count). The molecular weight excluding hydrogens is 200 g/mol. The van der Waals surface area contributed by atoms with E-state index >= 15 is 0 Å². The van der Waals surface area contributed by atoms with Gasteiger partial charge in [-0.1, -0.05) is 13.8 Å². The van der Waals surface area contributed by atoms with E-state index < -0.39 is 0 Å². The Hall–Kier alpha value is -0.120. The lowest BCUT2D eigenvalue weighted by atomic mass is 9.82. The first-order valence-electron chi connectivity index (χ1n) is 6.58. The van der Waals surface area contributed by atoms with E-state index in [1.807, 2.05) is 0 Å². The molecule has 94 valence electrons. The van der Waals surface area contributed by atoms with Crippen LogP contribution >= 0.6 is 0 Å². The Balaban J connectivity index is 1.87. The van der Waals surface area contributed by atoms with Gasteiger partial charge in [0, 0.05) is 11.6 Å². The van der Waals surface area contributed by atoms with Crippen molar-refractivity contribution in [1.29, 1.82) is 0 Å². The van der Waals surface area contributed by atoms with E-state index in [2.05, 4.69) is 18.7 Å². The number of aliphatic hydroxyl groups is 1. The zero-order valence-electron chi connectivity index (χ0n) is 10.7. The molecule has 16 heavy (non-hydrogen) atoms. The third-order valence-corrected chi connectivity index (χ3v) is 4.60. The van der Waals surface area contributed by atoms with Crippen molar-refractivity contribution in [2.24, 2.45) is 11.1 Å². The molecular formula is C13H26N2O. The Labute approximate surface area is 99.0 Å². The number of nitrogens with zero attached hydrogens (tertiary/aromatic N) is 1. The molecule has 2 atom stereocenters. The minimum Gasteiger partial charge on any atom is -0.394 e. The summed E-state index contributed by atoms with van der Waals surface area (Å²) in [6, 6.07) is 0.619. The van der Waals surface area contributed by atoms with Crippen LogP contribution in [0.2, 0.25) is 0 Å². The van der Waals surface area contributed by atoms with Gasteiger partial charge in [0.1, 0.15) is 0 Å². The van der Waals surface area contributed by atoms with Gasteiger partial charge in [0.15, 0.2) is 0 Å². The average molecular weight is 226 g/mol. The molecule has 3 nitrogen and oxygen atoms in total. The van der Waals surface area contributed by atoms with Crippen LogP contribution in [0.4, 0.5) is 0 Å². The lowest BCUT2D eigenvalue weighted by molar-refractivity contribution is 0.0899. The van der Waals surface area contributed by atoms with Gasteiger partial charge in [-0.3, -0.25) is 0 Å². The van der Waals surface area contributed by atoms with Crippen molar-refractivity contribution in [3.05, 3.63) is 0 Å². The first-order valence-corrected chi connectivity index (χ1v) is 6.58. The topological polar surface area (TPSA) is 49.5 Å². The fraction of sp³-hybridized carbons (Fsp3) is 1.00. The van der Waals surface area contributed by atoms with Crippen LogP contribution in [-0.2, 0) is 0 Å². The average Bonchev–Trinajstić information content (AvgIpc) is 2.62. The lowest BCUT2D eigenvalue weighted by Gasteiger charge is -2.40. The van der Waals surface area contributed by atoms with Crippen LogP contribution in [0, 0.1) is 5.41 Å². The molecule has 1 saturated heterocycles. The van der Waals surface area contributed by atoms with Gasteiger partial charge in [-0.25, -0.2) is 0 Å². The molecule has 1 aliphatic heterocycles. The molecule has 0 bridgehead atoms. The molecule has 2 unspecified atom stereocenters. The van der Waals surface area contributed by atoms with Crippen molar-refractivity contribution < 1.29 is 5.11 Å². The zero-order chi connectivity index (χ0) is 11.8. The highest BCUT2D eigenvalue weighted by molar-refractivity contribution is 4.98. The van der Waals surface area contributed by atoms with E-state index in [4.69, 9.17) is 5.73 Å². The van der Waals surface area contributed by atoms with Gasteiger partial charge in [-0.05, 0) is 50.6 Å². The van der Waals surface area contributed by atoms with E-state index in [1.54, 1.807) is 0 Å². The predicted molar refractivity (Wildman–Crippen MR) is 66.2 cm³/mol. The summed E-state index contributed by atoms with van der Waals surface area (Å²) in [7, 11) is 0. The summed E-state index contributed by atoms with van der Waals surface area (Å²) in [4.78, 5) is 2.59. The first kappa shape index (κ1) is 12.3. The highest BCUT2D eigenvalue weighted by atomic mass is 16.3. The summed E-state index contributed by atoms with van der Waals surface area (Å²) in [5.41, 5.74) is 6.36. The second-order valence-corrected chi connectivity index (χ2v) is 6.62. The van der Waals surface area contributed by atoms with Crippen molar-refractivity contribution >= 4 is 0 Å². The van der Waals surface area contributed by atoms with Crippen LogP contribution in [0.25, 0.3) is 0 Å². The van der Waals surface area contributed by atoms with Crippen LogP contribution in [-0.4, -0.2) is 41.3 Å². The Bertz CT molecular complexity index is 244. The van der Waals surface area contributed by atoms with Crippen molar-refractivity contribution in [3.63, 3.8) is 0 Å². The predicted octanol–water partition coefficient (Wildman–Crippen LogP) is 1.35. The van der Waals surface area contributed by atoms with Crippen LogP contribution < -0.4 is 5.73 Å². The molecule has 2 aliphatic rings. The van der Waals surface area contributed by atoms with E-state index in [0.29, 0.717) is 11.5 Å². The summed E-state index contributed by atoms with van der Waals surface area (Å²) in [6.07, 6.45) is 5.70. The van der Waals surface area contributed by atoms with Crippen LogP contribution in [0.1, 0.15) is 46.0 Å².